The Balaban J connectivity index is 1.48. The van der Waals surface area contributed by atoms with Crippen molar-refractivity contribution >= 4 is 36.0 Å². The molecule has 3 aromatic carbocycles. The number of nitrogens with zero attached hydrogens (tertiary/aromatic N) is 3. The second-order valence-corrected chi connectivity index (χ2v) is 10.2. The van der Waals surface area contributed by atoms with E-state index in [4.69, 9.17) is 9.68 Å². The Hall–Kier alpha value is -3.32. The van der Waals surface area contributed by atoms with Crippen LogP contribution >= 0.6 is 24.4 Å². The van der Waals surface area contributed by atoms with E-state index < -0.39 is 16.9 Å². The second kappa shape index (κ2) is 12.2. The number of thioether (sulfide) groups is 1. The van der Waals surface area contributed by atoms with Crippen molar-refractivity contribution in [2.45, 2.75) is 17.1 Å². The van der Waals surface area contributed by atoms with Gasteiger partial charge in [-0.3, -0.25) is 25.6 Å². The summed E-state index contributed by atoms with van der Waals surface area (Å²) in [4.78, 5) is 23.4. The second-order valence-electron chi connectivity index (χ2n) is 8.85. The van der Waals surface area contributed by atoms with Crippen molar-refractivity contribution in [3.05, 3.63) is 119 Å². The van der Waals surface area contributed by atoms with Crippen LogP contribution in [0.3, 0.4) is 0 Å². The Kier molecular flexibility index (Phi) is 8.56. The largest absolute Gasteiger partial charge is 0.398 e. The van der Waals surface area contributed by atoms with E-state index in [1.165, 1.54) is 24.0 Å². The number of hydrogen-bond donors (Lipinski definition) is 4. The third kappa shape index (κ3) is 5.42. The standard InChI is InChI=1S/C28H29N5O4S2/c1-36-31-25(26(34)30-33-23(18-38)17-37-33)24-19-39-27(32(24)35)29-28(20-11-5-2-6-12-20,21-13-7-3-8-14-21)22-15-9-4-10-16-22/h2-16,19,23,27,29,35,38H,17-18H2,1H3,(H,30,34). The Morgan fingerprint density at radius 3 is 2.03 bits per heavy atom. The van der Waals surface area contributed by atoms with Crippen LogP contribution in [0, 0.1) is 0 Å². The molecule has 5 rings (SSSR count). The predicted molar refractivity (Wildman–Crippen MR) is 153 cm³/mol. The number of nitrogens with one attached hydrogen (secondary N) is 2. The lowest BCUT2D eigenvalue weighted by atomic mass is 9.77. The maximum Gasteiger partial charge on any atom is 0.291 e. The lowest BCUT2D eigenvalue weighted by Crippen LogP contribution is -2.61. The van der Waals surface area contributed by atoms with E-state index in [2.05, 4.69) is 64.9 Å². The van der Waals surface area contributed by atoms with Crippen LogP contribution in [0.15, 0.2) is 107 Å². The number of benzene rings is 3. The van der Waals surface area contributed by atoms with Crippen molar-refractivity contribution < 1.29 is 19.7 Å². The molecule has 3 aromatic rings. The van der Waals surface area contributed by atoms with Crippen molar-refractivity contribution in [1.82, 2.24) is 21.0 Å². The van der Waals surface area contributed by atoms with Crippen LogP contribution < -0.4 is 10.7 Å². The van der Waals surface area contributed by atoms with Gasteiger partial charge in [0.15, 0.2) is 11.2 Å². The minimum absolute atomic E-state index is 0.0594. The zero-order valence-electron chi connectivity index (χ0n) is 21.2. The van der Waals surface area contributed by atoms with E-state index in [0.717, 1.165) is 21.8 Å². The summed E-state index contributed by atoms with van der Waals surface area (Å²) in [6, 6.07) is 30.1. The molecule has 0 radical (unpaired) electrons. The van der Waals surface area contributed by atoms with Crippen LogP contribution in [0.5, 0.6) is 0 Å². The average molecular weight is 564 g/mol. The normalized spacial score (nSPS) is 19.8. The number of hydroxylamine groups is 3. The Morgan fingerprint density at radius 1 is 1.05 bits per heavy atom. The van der Waals surface area contributed by atoms with Crippen molar-refractivity contribution in [2.75, 3.05) is 19.5 Å². The minimum Gasteiger partial charge on any atom is -0.398 e. The molecule has 11 heteroatoms. The first-order valence-electron chi connectivity index (χ1n) is 12.3. The highest BCUT2D eigenvalue weighted by molar-refractivity contribution is 8.02. The van der Waals surface area contributed by atoms with Gasteiger partial charge in [-0.05, 0) is 16.7 Å². The number of hydrazine groups is 1. The van der Waals surface area contributed by atoms with Crippen LogP contribution in [0.25, 0.3) is 0 Å². The first-order chi connectivity index (χ1) is 19.1. The molecule has 0 spiro atoms. The van der Waals surface area contributed by atoms with Gasteiger partial charge in [-0.25, -0.2) is 5.06 Å². The maximum atomic E-state index is 13.1. The third-order valence-corrected chi connectivity index (χ3v) is 7.89. The summed E-state index contributed by atoms with van der Waals surface area (Å²) in [6.45, 7) is 0.456. The van der Waals surface area contributed by atoms with Gasteiger partial charge in [-0.1, -0.05) is 113 Å². The summed E-state index contributed by atoms with van der Waals surface area (Å²) in [5.74, 6) is -0.0795. The molecular formula is C28H29N5O4S2. The number of oxime groups is 1. The molecule has 2 unspecified atom stereocenters. The van der Waals surface area contributed by atoms with Crippen LogP contribution in [-0.2, 0) is 20.0 Å². The molecule has 9 nitrogen and oxygen atoms in total. The summed E-state index contributed by atoms with van der Waals surface area (Å²) in [7, 11) is 1.34. The summed E-state index contributed by atoms with van der Waals surface area (Å²) >= 11 is 5.58. The van der Waals surface area contributed by atoms with Gasteiger partial charge < -0.3 is 4.84 Å². The Morgan fingerprint density at radius 2 is 1.59 bits per heavy atom. The molecular weight excluding hydrogens is 534 g/mol. The molecule has 0 aliphatic carbocycles. The van der Waals surface area contributed by atoms with Crippen molar-refractivity contribution in [3.63, 3.8) is 0 Å². The number of thiol groups is 1. The maximum absolute atomic E-state index is 13.1. The van der Waals surface area contributed by atoms with E-state index in [0.29, 0.717) is 12.4 Å². The molecule has 1 fully saturated rings. The minimum atomic E-state index is -0.836. The zero-order chi connectivity index (χ0) is 27.2. The van der Waals surface area contributed by atoms with E-state index in [1.54, 1.807) is 5.41 Å². The van der Waals surface area contributed by atoms with Crippen LogP contribution in [-0.4, -0.2) is 58.1 Å². The van der Waals surface area contributed by atoms with Crippen LogP contribution in [0.2, 0.25) is 0 Å². The van der Waals surface area contributed by atoms with Gasteiger partial charge in [0.25, 0.3) is 5.91 Å². The summed E-state index contributed by atoms with van der Waals surface area (Å²) in [6.07, 6.45) is 0. The highest BCUT2D eigenvalue weighted by atomic mass is 32.2. The van der Waals surface area contributed by atoms with Gasteiger partial charge in [0.2, 0.25) is 0 Å². The van der Waals surface area contributed by atoms with E-state index >= 15 is 0 Å². The number of carbonyl (C=O) groups is 1. The molecule has 2 atom stereocenters. The third-order valence-electron chi connectivity index (χ3n) is 6.54. The van der Waals surface area contributed by atoms with Gasteiger partial charge in [0.05, 0.1) is 18.2 Å². The molecule has 0 aromatic heterocycles. The fraction of sp³-hybridized carbons (Fsp3) is 0.214. The van der Waals surface area contributed by atoms with Gasteiger partial charge >= 0.3 is 0 Å². The fourth-order valence-corrected chi connectivity index (χ4v) is 5.78. The molecule has 2 heterocycles. The van der Waals surface area contributed by atoms with Crippen LogP contribution in [0.4, 0.5) is 0 Å². The number of amides is 1. The summed E-state index contributed by atoms with van der Waals surface area (Å²) in [5, 5.41) is 23.0. The van der Waals surface area contributed by atoms with Gasteiger partial charge in [0, 0.05) is 11.2 Å². The zero-order valence-corrected chi connectivity index (χ0v) is 22.9. The van der Waals surface area contributed by atoms with Crippen molar-refractivity contribution in [2.24, 2.45) is 5.16 Å². The predicted octanol–water partition coefficient (Wildman–Crippen LogP) is 3.71. The highest BCUT2D eigenvalue weighted by Gasteiger charge is 2.43. The molecule has 2 aliphatic heterocycles. The molecule has 39 heavy (non-hydrogen) atoms. The summed E-state index contributed by atoms with van der Waals surface area (Å²) < 4.78 is 0. The fourth-order valence-electron chi connectivity index (χ4n) is 4.58. The average Bonchev–Trinajstić information content (AvgIpc) is 3.33. The lowest BCUT2D eigenvalue weighted by molar-refractivity contribution is -0.306. The number of rotatable bonds is 10. The molecule has 0 saturated carbocycles. The van der Waals surface area contributed by atoms with E-state index in [-0.39, 0.29) is 17.5 Å². The smallest absolute Gasteiger partial charge is 0.291 e. The Labute approximate surface area is 236 Å². The first kappa shape index (κ1) is 27.3. The number of carbonyl (C=O) groups excluding carboxylic acids is 1. The van der Waals surface area contributed by atoms with Crippen LogP contribution in [0.1, 0.15) is 16.7 Å². The molecule has 1 saturated heterocycles. The SMILES string of the molecule is CON=C(C(=O)NN1OCC1CS)C1=CSC(NC(c2ccccc2)(c2ccccc2)c2ccccc2)N1O. The van der Waals surface area contributed by atoms with Crippen molar-refractivity contribution in [3.8, 4) is 0 Å². The monoisotopic (exact) mass is 563 g/mol. The first-order valence-corrected chi connectivity index (χ1v) is 13.9. The molecule has 0 bridgehead atoms. The van der Waals surface area contributed by atoms with Gasteiger partial charge in [-0.2, -0.15) is 12.6 Å². The summed E-state index contributed by atoms with van der Waals surface area (Å²) in [5.41, 5.74) is 4.17. The molecule has 202 valence electrons. The Bertz CT molecular complexity index is 1230. The lowest BCUT2D eigenvalue weighted by Gasteiger charge is -2.40. The number of hydrogen-bond acceptors (Lipinski definition) is 10. The highest BCUT2D eigenvalue weighted by Crippen LogP contribution is 2.40. The topological polar surface area (TPSA) is 98.7 Å². The quantitative estimate of drug-likeness (QED) is 0.128. The molecule has 3 N–H and O–H groups in total. The molecule has 2 aliphatic rings. The van der Waals surface area contributed by atoms with E-state index in [9.17, 15) is 10.0 Å². The van der Waals surface area contributed by atoms with Gasteiger partial charge in [-0.15, -0.1) is 0 Å². The van der Waals surface area contributed by atoms with E-state index in [1.807, 2.05) is 54.6 Å². The molecule has 1 amide bonds. The van der Waals surface area contributed by atoms with Gasteiger partial charge in [0.1, 0.15) is 12.8 Å². The van der Waals surface area contributed by atoms with Crippen molar-refractivity contribution in [1.29, 1.82) is 0 Å².